The second kappa shape index (κ2) is 6.93. The zero-order valence-corrected chi connectivity index (χ0v) is 9.47. The Morgan fingerprint density at radius 3 is 2.15 bits per heavy atom. The van der Waals surface area contributed by atoms with Crippen LogP contribution < -0.4 is 0 Å². The molecule has 0 bridgehead atoms. The van der Waals surface area contributed by atoms with Crippen molar-refractivity contribution in [3.63, 3.8) is 0 Å². The van der Waals surface area contributed by atoms with Crippen molar-refractivity contribution in [1.82, 2.24) is 4.90 Å². The molecule has 0 aliphatic heterocycles. The minimum absolute atomic E-state index is 0.238. The number of nitrogens with zero attached hydrogens (tertiary/aromatic N) is 1. The van der Waals surface area contributed by atoms with Gasteiger partial charge in [0.15, 0.2) is 0 Å². The molecule has 13 heavy (non-hydrogen) atoms. The fourth-order valence-corrected chi connectivity index (χ4v) is 1.46. The Labute approximate surface area is 82.3 Å². The Balaban J connectivity index is 3.92. The Hall–Kier alpha value is -0.530. The molecule has 0 saturated carbocycles. The first-order chi connectivity index (χ1) is 6.17. The quantitative estimate of drug-likeness (QED) is 0.623. The van der Waals surface area contributed by atoms with Gasteiger partial charge in [-0.25, -0.2) is 0 Å². The van der Waals surface area contributed by atoms with E-state index in [1.54, 1.807) is 0 Å². The lowest BCUT2D eigenvalue weighted by molar-refractivity contribution is -0.134. The summed E-state index contributed by atoms with van der Waals surface area (Å²) in [4.78, 5) is 13.6. The zero-order valence-electron chi connectivity index (χ0n) is 9.47. The molecule has 0 heterocycles. The van der Waals surface area contributed by atoms with Gasteiger partial charge in [0, 0.05) is 19.5 Å². The van der Waals surface area contributed by atoms with Gasteiger partial charge in [-0.15, -0.1) is 0 Å². The van der Waals surface area contributed by atoms with Crippen molar-refractivity contribution >= 4 is 5.91 Å². The van der Waals surface area contributed by atoms with Crippen LogP contribution in [0.2, 0.25) is 0 Å². The van der Waals surface area contributed by atoms with Gasteiger partial charge in [0.2, 0.25) is 5.91 Å². The van der Waals surface area contributed by atoms with Crippen molar-refractivity contribution in [2.24, 2.45) is 5.92 Å². The highest BCUT2D eigenvalue weighted by molar-refractivity contribution is 5.78. The third-order valence-electron chi connectivity index (χ3n) is 2.56. The van der Waals surface area contributed by atoms with Crippen LogP contribution >= 0.6 is 0 Å². The summed E-state index contributed by atoms with van der Waals surface area (Å²) >= 11 is 0. The molecule has 1 amide bonds. The number of hydrogen-bond donors (Lipinski definition) is 0. The number of amides is 1. The summed E-state index contributed by atoms with van der Waals surface area (Å²) in [5, 5.41) is 0. The van der Waals surface area contributed by atoms with E-state index in [0.29, 0.717) is 5.91 Å². The van der Waals surface area contributed by atoms with E-state index in [2.05, 4.69) is 20.8 Å². The van der Waals surface area contributed by atoms with Crippen LogP contribution in [-0.2, 0) is 4.79 Å². The van der Waals surface area contributed by atoms with Crippen LogP contribution in [0.1, 0.15) is 46.5 Å². The van der Waals surface area contributed by atoms with Gasteiger partial charge in [-0.2, -0.15) is 0 Å². The van der Waals surface area contributed by atoms with Gasteiger partial charge in [0.05, 0.1) is 0 Å². The monoisotopic (exact) mass is 185 g/mol. The number of rotatable bonds is 6. The zero-order chi connectivity index (χ0) is 10.3. The lowest BCUT2D eigenvalue weighted by atomic mass is 10.0. The summed E-state index contributed by atoms with van der Waals surface area (Å²) in [5.74, 6) is 0.556. The molecule has 0 N–H and O–H groups in total. The van der Waals surface area contributed by atoms with Gasteiger partial charge >= 0.3 is 0 Å². The van der Waals surface area contributed by atoms with Crippen molar-refractivity contribution in [2.75, 3.05) is 13.6 Å². The lowest BCUT2D eigenvalue weighted by Gasteiger charge is -2.21. The van der Waals surface area contributed by atoms with Gasteiger partial charge in [0.1, 0.15) is 0 Å². The molecule has 2 nitrogen and oxygen atoms in total. The van der Waals surface area contributed by atoms with Crippen LogP contribution in [0.15, 0.2) is 0 Å². The SMILES string of the molecule is CCCCN(C)C(=O)C(CC)CC. The van der Waals surface area contributed by atoms with Crippen molar-refractivity contribution in [2.45, 2.75) is 46.5 Å². The van der Waals surface area contributed by atoms with E-state index in [-0.39, 0.29) is 5.92 Å². The molecule has 0 aromatic rings. The largest absolute Gasteiger partial charge is 0.346 e. The Morgan fingerprint density at radius 1 is 1.23 bits per heavy atom. The molecule has 0 rings (SSSR count). The van der Waals surface area contributed by atoms with Gasteiger partial charge in [-0.05, 0) is 19.3 Å². The van der Waals surface area contributed by atoms with Crippen molar-refractivity contribution < 1.29 is 4.79 Å². The van der Waals surface area contributed by atoms with E-state index in [1.807, 2.05) is 11.9 Å². The minimum atomic E-state index is 0.238. The van der Waals surface area contributed by atoms with Crippen LogP contribution in [-0.4, -0.2) is 24.4 Å². The average molecular weight is 185 g/mol. The molecule has 0 spiro atoms. The number of carbonyl (C=O) groups excluding carboxylic acids is 1. The van der Waals surface area contributed by atoms with E-state index in [0.717, 1.165) is 32.2 Å². The highest BCUT2D eigenvalue weighted by Gasteiger charge is 2.17. The molecule has 78 valence electrons. The molecule has 0 atom stereocenters. The molecule has 0 unspecified atom stereocenters. The van der Waals surface area contributed by atoms with Gasteiger partial charge in [-0.1, -0.05) is 27.2 Å². The molecule has 0 aliphatic rings. The summed E-state index contributed by atoms with van der Waals surface area (Å²) in [7, 11) is 1.91. The second-order valence-corrected chi connectivity index (χ2v) is 3.63. The molecule has 0 aromatic heterocycles. The Morgan fingerprint density at radius 2 is 1.77 bits per heavy atom. The van der Waals surface area contributed by atoms with Crippen LogP contribution in [0.5, 0.6) is 0 Å². The van der Waals surface area contributed by atoms with Gasteiger partial charge in [-0.3, -0.25) is 4.79 Å². The van der Waals surface area contributed by atoms with E-state index >= 15 is 0 Å². The average Bonchev–Trinajstić information content (AvgIpc) is 2.15. The molecule has 0 fully saturated rings. The molecular weight excluding hydrogens is 162 g/mol. The Bertz CT molecular complexity index is 141. The predicted molar refractivity (Wildman–Crippen MR) is 56.6 cm³/mol. The summed E-state index contributed by atoms with van der Waals surface area (Å²) in [6.07, 6.45) is 4.19. The van der Waals surface area contributed by atoms with Crippen LogP contribution in [0.3, 0.4) is 0 Å². The standard InChI is InChI=1S/C11H23NO/c1-5-8-9-12(4)11(13)10(6-2)7-3/h10H,5-9H2,1-4H3. The highest BCUT2D eigenvalue weighted by atomic mass is 16.2. The maximum atomic E-state index is 11.7. The van der Waals surface area contributed by atoms with Crippen molar-refractivity contribution in [3.8, 4) is 0 Å². The topological polar surface area (TPSA) is 20.3 Å². The van der Waals surface area contributed by atoms with Crippen LogP contribution in [0.25, 0.3) is 0 Å². The second-order valence-electron chi connectivity index (χ2n) is 3.63. The summed E-state index contributed by atoms with van der Waals surface area (Å²) in [5.41, 5.74) is 0. The molecule has 0 aliphatic carbocycles. The predicted octanol–water partition coefficient (Wildman–Crippen LogP) is 2.68. The maximum Gasteiger partial charge on any atom is 0.225 e. The molecular formula is C11H23NO. The fourth-order valence-electron chi connectivity index (χ4n) is 1.46. The normalized spacial score (nSPS) is 10.5. The lowest BCUT2D eigenvalue weighted by Crippen LogP contribution is -2.33. The van der Waals surface area contributed by atoms with Gasteiger partial charge < -0.3 is 4.90 Å². The number of hydrogen-bond acceptors (Lipinski definition) is 1. The smallest absolute Gasteiger partial charge is 0.225 e. The third-order valence-corrected chi connectivity index (χ3v) is 2.56. The number of carbonyl (C=O) groups is 1. The molecule has 0 radical (unpaired) electrons. The third kappa shape index (κ3) is 4.30. The number of unbranched alkanes of at least 4 members (excludes halogenated alkanes) is 1. The molecule has 0 aromatic carbocycles. The fraction of sp³-hybridized carbons (Fsp3) is 0.909. The van der Waals surface area contributed by atoms with E-state index in [1.165, 1.54) is 0 Å². The highest BCUT2D eigenvalue weighted by Crippen LogP contribution is 2.11. The summed E-state index contributed by atoms with van der Waals surface area (Å²) in [6, 6.07) is 0. The van der Waals surface area contributed by atoms with Crippen molar-refractivity contribution in [1.29, 1.82) is 0 Å². The van der Waals surface area contributed by atoms with Gasteiger partial charge in [0.25, 0.3) is 0 Å². The maximum absolute atomic E-state index is 11.7. The van der Waals surface area contributed by atoms with E-state index in [4.69, 9.17) is 0 Å². The van der Waals surface area contributed by atoms with E-state index < -0.39 is 0 Å². The first kappa shape index (κ1) is 12.5. The van der Waals surface area contributed by atoms with Crippen molar-refractivity contribution in [3.05, 3.63) is 0 Å². The van der Waals surface area contributed by atoms with E-state index in [9.17, 15) is 4.79 Å². The first-order valence-corrected chi connectivity index (χ1v) is 5.42. The van der Waals surface area contributed by atoms with Crippen LogP contribution in [0.4, 0.5) is 0 Å². The van der Waals surface area contributed by atoms with Crippen LogP contribution in [0, 0.1) is 5.92 Å². The molecule has 2 heteroatoms. The Kier molecular flexibility index (Phi) is 6.65. The first-order valence-electron chi connectivity index (χ1n) is 5.42. The summed E-state index contributed by atoms with van der Waals surface area (Å²) < 4.78 is 0. The molecule has 0 saturated heterocycles. The minimum Gasteiger partial charge on any atom is -0.346 e. The summed E-state index contributed by atoms with van der Waals surface area (Å²) in [6.45, 7) is 7.22.